The van der Waals surface area contributed by atoms with Crippen molar-refractivity contribution in [2.24, 2.45) is 0 Å². The van der Waals surface area contributed by atoms with Gasteiger partial charge in [0.05, 0.1) is 5.25 Å². The Morgan fingerprint density at radius 2 is 1.87 bits per heavy atom. The van der Waals surface area contributed by atoms with E-state index in [1.54, 1.807) is 18.2 Å². The number of hydrogen-bond acceptors (Lipinski definition) is 7. The van der Waals surface area contributed by atoms with Gasteiger partial charge in [-0.1, -0.05) is 54.2 Å². The third-order valence-electron chi connectivity index (χ3n) is 4.50. The molecule has 0 N–H and O–H groups in total. The molecule has 2 aromatic carbocycles. The second-order valence-corrected chi connectivity index (χ2v) is 8.16. The van der Waals surface area contributed by atoms with Crippen LogP contribution in [0.1, 0.15) is 43.1 Å². The second-order valence-electron chi connectivity index (χ2n) is 6.85. The zero-order valence-corrected chi connectivity index (χ0v) is 18.1. The van der Waals surface area contributed by atoms with Crippen LogP contribution in [0.15, 0.2) is 64.3 Å². The first-order chi connectivity index (χ1) is 15.2. The van der Waals surface area contributed by atoms with Crippen LogP contribution in [0.5, 0.6) is 5.75 Å². The highest BCUT2D eigenvalue weighted by atomic mass is 32.2. The van der Waals surface area contributed by atoms with E-state index in [1.165, 1.54) is 17.8 Å². The van der Waals surface area contributed by atoms with Crippen molar-refractivity contribution in [3.63, 3.8) is 0 Å². The van der Waals surface area contributed by atoms with E-state index in [1.807, 2.05) is 41.8 Å². The Kier molecular flexibility index (Phi) is 6.61. The van der Waals surface area contributed by atoms with Crippen molar-refractivity contribution >= 4 is 11.8 Å². The van der Waals surface area contributed by atoms with Crippen LogP contribution in [0.3, 0.4) is 0 Å². The lowest BCUT2D eigenvalue weighted by Gasteiger charge is -2.12. The van der Waals surface area contributed by atoms with E-state index in [0.29, 0.717) is 22.7 Å². The fourth-order valence-corrected chi connectivity index (χ4v) is 3.89. The number of hydrogen-bond donors (Lipinski definition) is 0. The molecule has 7 nitrogen and oxygen atoms in total. The molecule has 0 spiro atoms. The molecule has 31 heavy (non-hydrogen) atoms. The van der Waals surface area contributed by atoms with Crippen molar-refractivity contribution in [1.29, 1.82) is 0 Å². The van der Waals surface area contributed by atoms with Gasteiger partial charge in [-0.25, -0.2) is 4.39 Å². The second kappa shape index (κ2) is 9.74. The maximum Gasteiger partial charge on any atom is 0.239 e. The van der Waals surface area contributed by atoms with Crippen LogP contribution in [0.4, 0.5) is 4.39 Å². The molecule has 0 aliphatic rings. The molecule has 0 radical (unpaired) electrons. The molecule has 1 atom stereocenters. The number of thioether (sulfide) groups is 1. The maximum absolute atomic E-state index is 13.9. The SMILES string of the molecule is CCCc1noc(C(C)Sc2nnc(COc3ccccc3F)n2-c2ccccc2)n1. The topological polar surface area (TPSA) is 78.9 Å². The zero-order chi connectivity index (χ0) is 21.6. The molecule has 0 saturated heterocycles. The fourth-order valence-electron chi connectivity index (χ4n) is 2.98. The van der Waals surface area contributed by atoms with Crippen LogP contribution in [-0.2, 0) is 13.0 Å². The van der Waals surface area contributed by atoms with Crippen LogP contribution < -0.4 is 4.74 Å². The third kappa shape index (κ3) is 4.93. The summed E-state index contributed by atoms with van der Waals surface area (Å²) in [7, 11) is 0. The summed E-state index contributed by atoms with van der Waals surface area (Å²) < 4.78 is 26.9. The first-order valence-electron chi connectivity index (χ1n) is 10.0. The molecular formula is C22H22FN5O2S. The summed E-state index contributed by atoms with van der Waals surface area (Å²) in [4.78, 5) is 4.47. The van der Waals surface area contributed by atoms with Crippen molar-refractivity contribution in [3.8, 4) is 11.4 Å². The van der Waals surface area contributed by atoms with Gasteiger partial charge in [-0.2, -0.15) is 4.98 Å². The first kappa shape index (κ1) is 21.0. The van der Waals surface area contributed by atoms with Gasteiger partial charge in [-0.05, 0) is 37.6 Å². The van der Waals surface area contributed by atoms with Crippen LogP contribution >= 0.6 is 11.8 Å². The Balaban J connectivity index is 1.59. The molecule has 0 saturated carbocycles. The summed E-state index contributed by atoms with van der Waals surface area (Å²) in [6.45, 7) is 4.12. The van der Waals surface area contributed by atoms with Gasteiger partial charge in [-0.3, -0.25) is 4.57 Å². The minimum absolute atomic E-state index is 0.0684. The maximum atomic E-state index is 13.9. The van der Waals surface area contributed by atoms with Gasteiger partial charge in [0.15, 0.2) is 28.4 Å². The molecule has 2 aromatic heterocycles. The van der Waals surface area contributed by atoms with Crippen LogP contribution in [0, 0.1) is 5.82 Å². The fraction of sp³-hybridized carbons (Fsp3) is 0.273. The molecule has 0 aliphatic carbocycles. The molecule has 4 rings (SSSR count). The van der Waals surface area contributed by atoms with Crippen molar-refractivity contribution in [2.45, 2.75) is 43.7 Å². The number of aryl methyl sites for hydroxylation is 1. The highest BCUT2D eigenvalue weighted by Crippen LogP contribution is 2.34. The summed E-state index contributed by atoms with van der Waals surface area (Å²) in [6, 6.07) is 16.0. The minimum atomic E-state index is -0.421. The lowest BCUT2D eigenvalue weighted by Crippen LogP contribution is -2.07. The Morgan fingerprint density at radius 3 is 2.65 bits per heavy atom. The Hall–Kier alpha value is -3.20. The lowest BCUT2D eigenvalue weighted by molar-refractivity contribution is 0.278. The summed E-state index contributed by atoms with van der Waals surface area (Å²) in [5.41, 5.74) is 0.881. The van der Waals surface area contributed by atoms with E-state index in [0.717, 1.165) is 18.5 Å². The largest absolute Gasteiger partial charge is 0.483 e. The number of ether oxygens (including phenoxy) is 1. The van der Waals surface area contributed by atoms with Gasteiger partial charge in [0.1, 0.15) is 6.61 Å². The van der Waals surface area contributed by atoms with Crippen molar-refractivity contribution in [1.82, 2.24) is 24.9 Å². The molecule has 2 heterocycles. The van der Waals surface area contributed by atoms with E-state index in [4.69, 9.17) is 9.26 Å². The number of nitrogens with zero attached hydrogens (tertiary/aromatic N) is 5. The summed E-state index contributed by atoms with van der Waals surface area (Å²) >= 11 is 1.46. The van der Waals surface area contributed by atoms with Crippen molar-refractivity contribution < 1.29 is 13.7 Å². The Labute approximate surface area is 183 Å². The quantitative estimate of drug-likeness (QED) is 0.333. The number of halogens is 1. The molecule has 1 unspecified atom stereocenters. The molecule has 0 fully saturated rings. The highest BCUT2D eigenvalue weighted by molar-refractivity contribution is 7.99. The monoisotopic (exact) mass is 439 g/mol. The zero-order valence-electron chi connectivity index (χ0n) is 17.2. The van der Waals surface area contributed by atoms with E-state index in [9.17, 15) is 4.39 Å². The number of para-hydroxylation sites is 2. The number of benzene rings is 2. The lowest BCUT2D eigenvalue weighted by atomic mass is 10.3. The molecule has 160 valence electrons. The smallest absolute Gasteiger partial charge is 0.239 e. The van der Waals surface area contributed by atoms with E-state index >= 15 is 0 Å². The van der Waals surface area contributed by atoms with Crippen LogP contribution in [-0.4, -0.2) is 24.9 Å². The first-order valence-corrected chi connectivity index (χ1v) is 10.9. The van der Waals surface area contributed by atoms with Crippen molar-refractivity contribution in [2.75, 3.05) is 0 Å². The Bertz CT molecular complexity index is 1130. The molecule has 4 aromatic rings. The van der Waals surface area contributed by atoms with Gasteiger partial charge in [0.2, 0.25) is 5.89 Å². The standard InChI is InChI=1S/C22H22FN5O2S/c1-3-9-19-24-21(30-27-19)15(2)31-22-26-25-20(28(22)16-10-5-4-6-11-16)14-29-18-13-8-7-12-17(18)23/h4-8,10-13,15H,3,9,14H2,1-2H3. The number of rotatable bonds is 9. The minimum Gasteiger partial charge on any atom is -0.483 e. The van der Waals surface area contributed by atoms with E-state index < -0.39 is 5.82 Å². The highest BCUT2D eigenvalue weighted by Gasteiger charge is 2.22. The van der Waals surface area contributed by atoms with E-state index in [-0.39, 0.29) is 17.6 Å². The van der Waals surface area contributed by atoms with Gasteiger partial charge < -0.3 is 9.26 Å². The van der Waals surface area contributed by atoms with Gasteiger partial charge in [0, 0.05) is 12.1 Å². The van der Waals surface area contributed by atoms with Crippen LogP contribution in [0.25, 0.3) is 5.69 Å². The summed E-state index contributed by atoms with van der Waals surface area (Å²) in [5, 5.41) is 13.2. The average Bonchev–Trinajstić information content (AvgIpc) is 3.41. The van der Waals surface area contributed by atoms with Crippen molar-refractivity contribution in [3.05, 3.63) is 78.0 Å². The normalized spacial score (nSPS) is 12.1. The molecule has 0 aliphatic heterocycles. The third-order valence-corrected chi connectivity index (χ3v) is 5.53. The van der Waals surface area contributed by atoms with Gasteiger partial charge >= 0.3 is 0 Å². The van der Waals surface area contributed by atoms with Gasteiger partial charge in [-0.15, -0.1) is 10.2 Å². The van der Waals surface area contributed by atoms with Gasteiger partial charge in [0.25, 0.3) is 0 Å². The molecule has 9 heteroatoms. The Morgan fingerprint density at radius 1 is 1.10 bits per heavy atom. The molecule has 0 amide bonds. The molecular weight excluding hydrogens is 417 g/mol. The molecule has 0 bridgehead atoms. The summed E-state index contributed by atoms with van der Waals surface area (Å²) in [5.74, 6) is 1.55. The number of aromatic nitrogens is 5. The van der Waals surface area contributed by atoms with E-state index in [2.05, 4.69) is 27.3 Å². The summed E-state index contributed by atoms with van der Waals surface area (Å²) in [6.07, 6.45) is 1.73. The predicted octanol–water partition coefficient (Wildman–Crippen LogP) is 5.17. The predicted molar refractivity (Wildman–Crippen MR) is 115 cm³/mol. The average molecular weight is 440 g/mol. The van der Waals surface area contributed by atoms with Crippen LogP contribution in [0.2, 0.25) is 0 Å².